The summed E-state index contributed by atoms with van der Waals surface area (Å²) >= 11 is 6.08. The molecular formula is C20H22ClNO3. The molecule has 0 aliphatic carbocycles. The summed E-state index contributed by atoms with van der Waals surface area (Å²) in [5, 5.41) is 11.0. The number of carbonyl (C=O) groups excluding carboxylic acids is 1. The maximum atomic E-state index is 12.7. The average Bonchev–Trinajstić information content (AvgIpc) is 2.76. The summed E-state index contributed by atoms with van der Waals surface area (Å²) in [6, 6.07) is 11.1. The molecule has 0 fully saturated rings. The maximum Gasteiger partial charge on any atom is 0.228 e. The van der Waals surface area contributed by atoms with Gasteiger partial charge >= 0.3 is 0 Å². The normalized spacial score (nSPS) is 14.5. The monoisotopic (exact) mass is 359 g/mol. The van der Waals surface area contributed by atoms with Crippen LogP contribution >= 0.6 is 11.6 Å². The molecule has 1 N–H and O–H groups in total. The highest BCUT2D eigenvalue weighted by Crippen LogP contribution is 2.38. The first-order valence-electron chi connectivity index (χ1n) is 8.30. The smallest absolute Gasteiger partial charge is 0.228 e. The molecule has 0 bridgehead atoms. The molecule has 1 heterocycles. The first-order chi connectivity index (χ1) is 11.8. The molecule has 0 spiro atoms. The Bertz CT molecular complexity index is 811. The third-order valence-corrected chi connectivity index (χ3v) is 4.44. The summed E-state index contributed by atoms with van der Waals surface area (Å²) in [6.07, 6.45) is 0. The minimum Gasteiger partial charge on any atom is -0.504 e. The van der Waals surface area contributed by atoms with E-state index >= 15 is 0 Å². The summed E-state index contributed by atoms with van der Waals surface area (Å²) in [5.41, 5.74) is 2.08. The van der Waals surface area contributed by atoms with Crippen LogP contribution in [-0.2, 0) is 11.3 Å². The van der Waals surface area contributed by atoms with Gasteiger partial charge in [0.25, 0.3) is 0 Å². The topological polar surface area (TPSA) is 49.8 Å². The summed E-state index contributed by atoms with van der Waals surface area (Å²) in [5.74, 6) is 0.601. The van der Waals surface area contributed by atoms with Crippen LogP contribution in [0.15, 0.2) is 36.4 Å². The lowest BCUT2D eigenvalue weighted by Crippen LogP contribution is -2.40. The van der Waals surface area contributed by atoms with E-state index in [1.165, 1.54) is 0 Å². The number of phenolic OH excluding ortho intramolecular Hbond substituents is 1. The molecule has 3 rings (SSSR count). The Labute approximate surface area is 153 Å². The molecule has 1 aliphatic heterocycles. The van der Waals surface area contributed by atoms with Crippen molar-refractivity contribution in [1.82, 2.24) is 4.90 Å². The fraction of sp³-hybridized carbons (Fsp3) is 0.350. The van der Waals surface area contributed by atoms with Gasteiger partial charge in [-0.1, -0.05) is 44.5 Å². The zero-order valence-electron chi connectivity index (χ0n) is 14.7. The van der Waals surface area contributed by atoms with Crippen molar-refractivity contribution in [2.45, 2.75) is 27.3 Å². The molecular weight excluding hydrogens is 338 g/mol. The Hall–Kier alpha value is -2.20. The molecule has 5 heteroatoms. The number of aromatic hydroxyl groups is 1. The Morgan fingerprint density at radius 1 is 1.20 bits per heavy atom. The second-order valence-electron chi connectivity index (χ2n) is 7.32. The zero-order valence-corrected chi connectivity index (χ0v) is 15.4. The quantitative estimate of drug-likeness (QED) is 0.816. The molecule has 0 unspecified atom stereocenters. The molecule has 25 heavy (non-hydrogen) atoms. The van der Waals surface area contributed by atoms with Crippen LogP contribution < -0.4 is 4.74 Å². The van der Waals surface area contributed by atoms with Crippen LogP contribution in [0.4, 0.5) is 0 Å². The summed E-state index contributed by atoms with van der Waals surface area (Å²) in [6.45, 7) is 6.98. The van der Waals surface area contributed by atoms with Crippen molar-refractivity contribution in [2.75, 3.05) is 13.2 Å². The summed E-state index contributed by atoms with van der Waals surface area (Å²) in [4.78, 5) is 14.4. The molecule has 0 saturated carbocycles. The maximum absolute atomic E-state index is 12.7. The molecule has 1 amide bonds. The van der Waals surface area contributed by atoms with E-state index in [-0.39, 0.29) is 11.7 Å². The number of amides is 1. The van der Waals surface area contributed by atoms with Crippen LogP contribution in [-0.4, -0.2) is 29.1 Å². The van der Waals surface area contributed by atoms with Gasteiger partial charge in [0.1, 0.15) is 6.61 Å². The van der Waals surface area contributed by atoms with Crippen LogP contribution in [0.2, 0.25) is 5.02 Å². The standard InChI is InChI=1S/C20H22ClNO3/c1-20(2,3)19(24)22-7-8-25-18-15(12-22)9-14(11-17(18)23)13-5-4-6-16(21)10-13/h4-6,9-11,23H,7-8,12H2,1-3H3. The van der Waals surface area contributed by atoms with Gasteiger partial charge in [-0.15, -0.1) is 0 Å². The van der Waals surface area contributed by atoms with Gasteiger partial charge in [0.05, 0.1) is 6.54 Å². The van der Waals surface area contributed by atoms with Crippen LogP contribution in [0.3, 0.4) is 0 Å². The molecule has 132 valence electrons. The van der Waals surface area contributed by atoms with Gasteiger partial charge in [0, 0.05) is 22.5 Å². The van der Waals surface area contributed by atoms with E-state index in [0.717, 1.165) is 16.7 Å². The molecule has 1 aliphatic rings. The largest absolute Gasteiger partial charge is 0.504 e. The van der Waals surface area contributed by atoms with E-state index < -0.39 is 5.41 Å². The highest BCUT2D eigenvalue weighted by molar-refractivity contribution is 6.30. The minimum atomic E-state index is -0.461. The number of hydrogen-bond acceptors (Lipinski definition) is 3. The molecule has 0 radical (unpaired) electrons. The van der Waals surface area contributed by atoms with Gasteiger partial charge in [-0.25, -0.2) is 0 Å². The average molecular weight is 360 g/mol. The number of carbonyl (C=O) groups is 1. The fourth-order valence-electron chi connectivity index (χ4n) is 2.98. The van der Waals surface area contributed by atoms with E-state index in [4.69, 9.17) is 16.3 Å². The van der Waals surface area contributed by atoms with Gasteiger partial charge in [-0.05, 0) is 35.4 Å². The zero-order chi connectivity index (χ0) is 18.2. The van der Waals surface area contributed by atoms with Crippen molar-refractivity contribution in [3.05, 3.63) is 47.0 Å². The van der Waals surface area contributed by atoms with Crippen molar-refractivity contribution in [1.29, 1.82) is 0 Å². The van der Waals surface area contributed by atoms with Crippen molar-refractivity contribution < 1.29 is 14.6 Å². The predicted molar refractivity (Wildman–Crippen MR) is 98.9 cm³/mol. The van der Waals surface area contributed by atoms with Crippen molar-refractivity contribution in [3.8, 4) is 22.6 Å². The Balaban J connectivity index is 2.01. The van der Waals surface area contributed by atoms with Crippen molar-refractivity contribution in [3.63, 3.8) is 0 Å². The number of phenols is 1. The van der Waals surface area contributed by atoms with E-state index in [0.29, 0.717) is 30.5 Å². The van der Waals surface area contributed by atoms with E-state index in [1.54, 1.807) is 17.0 Å². The van der Waals surface area contributed by atoms with Gasteiger partial charge in [0.15, 0.2) is 11.5 Å². The molecule has 0 saturated heterocycles. The highest BCUT2D eigenvalue weighted by Gasteiger charge is 2.30. The van der Waals surface area contributed by atoms with E-state index in [1.807, 2.05) is 45.0 Å². The third-order valence-electron chi connectivity index (χ3n) is 4.20. The Morgan fingerprint density at radius 2 is 1.96 bits per heavy atom. The number of fused-ring (bicyclic) bond motifs is 1. The first-order valence-corrected chi connectivity index (χ1v) is 8.67. The fourth-order valence-corrected chi connectivity index (χ4v) is 3.17. The highest BCUT2D eigenvalue weighted by atomic mass is 35.5. The minimum absolute atomic E-state index is 0.0663. The third kappa shape index (κ3) is 3.74. The lowest BCUT2D eigenvalue weighted by atomic mass is 9.94. The first kappa shape index (κ1) is 17.6. The molecule has 0 atom stereocenters. The summed E-state index contributed by atoms with van der Waals surface area (Å²) in [7, 11) is 0. The van der Waals surface area contributed by atoms with Crippen LogP contribution in [0.1, 0.15) is 26.3 Å². The summed E-state index contributed by atoms with van der Waals surface area (Å²) < 4.78 is 5.72. The lowest BCUT2D eigenvalue weighted by Gasteiger charge is -2.28. The number of ether oxygens (including phenoxy) is 1. The van der Waals surface area contributed by atoms with E-state index in [9.17, 15) is 9.90 Å². The number of rotatable bonds is 1. The number of benzene rings is 2. The molecule has 0 aromatic heterocycles. The Morgan fingerprint density at radius 3 is 2.64 bits per heavy atom. The SMILES string of the molecule is CC(C)(C)C(=O)N1CCOc2c(O)cc(-c3cccc(Cl)c3)cc2C1. The van der Waals surface area contributed by atoms with Crippen LogP contribution in [0.25, 0.3) is 11.1 Å². The van der Waals surface area contributed by atoms with Gasteiger partial charge in [0.2, 0.25) is 5.91 Å². The number of hydrogen-bond donors (Lipinski definition) is 1. The number of nitrogens with zero attached hydrogens (tertiary/aromatic N) is 1. The Kier molecular flexibility index (Phi) is 4.65. The van der Waals surface area contributed by atoms with Crippen molar-refractivity contribution in [2.24, 2.45) is 5.41 Å². The second-order valence-corrected chi connectivity index (χ2v) is 7.76. The van der Waals surface area contributed by atoms with Crippen LogP contribution in [0.5, 0.6) is 11.5 Å². The number of halogens is 1. The van der Waals surface area contributed by atoms with Gasteiger partial charge < -0.3 is 14.7 Å². The van der Waals surface area contributed by atoms with Crippen LogP contribution in [0, 0.1) is 5.41 Å². The lowest BCUT2D eigenvalue weighted by molar-refractivity contribution is -0.140. The predicted octanol–water partition coefficient (Wildman–Crippen LogP) is 4.48. The second kappa shape index (κ2) is 6.60. The van der Waals surface area contributed by atoms with Crippen molar-refractivity contribution >= 4 is 17.5 Å². The van der Waals surface area contributed by atoms with Gasteiger partial charge in [-0.3, -0.25) is 4.79 Å². The van der Waals surface area contributed by atoms with E-state index in [2.05, 4.69) is 0 Å². The molecule has 2 aromatic carbocycles. The molecule has 2 aromatic rings. The molecule has 4 nitrogen and oxygen atoms in total. The van der Waals surface area contributed by atoms with Gasteiger partial charge in [-0.2, -0.15) is 0 Å².